The van der Waals surface area contributed by atoms with E-state index in [1.807, 2.05) is 13.8 Å². The molecule has 17 heavy (non-hydrogen) atoms. The molecular weight excluding hydrogens is 220 g/mol. The van der Waals surface area contributed by atoms with Gasteiger partial charge in [-0.25, -0.2) is 0 Å². The van der Waals surface area contributed by atoms with Gasteiger partial charge in [-0.2, -0.15) is 0 Å². The molecule has 0 radical (unpaired) electrons. The van der Waals surface area contributed by atoms with Crippen LogP contribution in [0.15, 0.2) is 24.3 Å². The molecule has 0 saturated carbocycles. The van der Waals surface area contributed by atoms with Crippen molar-refractivity contribution in [2.75, 3.05) is 13.2 Å². The third-order valence-corrected chi connectivity index (χ3v) is 2.08. The molecule has 1 aromatic carbocycles. The van der Waals surface area contributed by atoms with Crippen molar-refractivity contribution in [2.45, 2.75) is 26.1 Å². The minimum atomic E-state index is -0.650. The highest BCUT2D eigenvalue weighted by molar-refractivity contribution is 5.74. The smallest absolute Gasteiger partial charge is 0.150 e. The van der Waals surface area contributed by atoms with Crippen LogP contribution in [-0.4, -0.2) is 36.8 Å². The van der Waals surface area contributed by atoms with E-state index >= 15 is 0 Å². The highest BCUT2D eigenvalue weighted by atomic mass is 16.5. The molecule has 4 heteroatoms. The zero-order chi connectivity index (χ0) is 12.7. The maximum absolute atomic E-state index is 10.4. The standard InChI is InChI=1S/C13H18O4/c1-10(2)16-8-12(15)9-17-13-5-3-11(7-14)4-6-13/h3-7,10,12,15H,8-9H2,1-2H3. The fraction of sp³-hybridized carbons (Fsp3) is 0.462. The van der Waals surface area contributed by atoms with E-state index in [-0.39, 0.29) is 19.3 Å². The predicted molar refractivity (Wildman–Crippen MR) is 64.4 cm³/mol. The van der Waals surface area contributed by atoms with Crippen LogP contribution in [0.5, 0.6) is 5.75 Å². The van der Waals surface area contributed by atoms with E-state index in [1.165, 1.54) is 0 Å². The molecule has 0 aromatic heterocycles. The van der Waals surface area contributed by atoms with Crippen molar-refractivity contribution in [3.63, 3.8) is 0 Å². The number of rotatable bonds is 7. The average molecular weight is 238 g/mol. The summed E-state index contributed by atoms with van der Waals surface area (Å²) in [6, 6.07) is 6.72. The second kappa shape index (κ2) is 7.04. The molecule has 1 rings (SSSR count). The maximum atomic E-state index is 10.4. The molecule has 1 unspecified atom stereocenters. The largest absolute Gasteiger partial charge is 0.491 e. The molecule has 0 aliphatic carbocycles. The Labute approximate surface area is 101 Å². The van der Waals surface area contributed by atoms with Crippen LogP contribution >= 0.6 is 0 Å². The SMILES string of the molecule is CC(C)OCC(O)COc1ccc(C=O)cc1. The summed E-state index contributed by atoms with van der Waals surface area (Å²) in [6.07, 6.45) is 0.217. The number of benzene rings is 1. The van der Waals surface area contributed by atoms with Crippen LogP contribution in [0.3, 0.4) is 0 Å². The maximum Gasteiger partial charge on any atom is 0.150 e. The molecule has 0 heterocycles. The number of aliphatic hydroxyl groups is 1. The Balaban J connectivity index is 2.31. The van der Waals surface area contributed by atoms with E-state index in [0.29, 0.717) is 11.3 Å². The average Bonchev–Trinajstić information content (AvgIpc) is 2.34. The van der Waals surface area contributed by atoms with E-state index in [1.54, 1.807) is 24.3 Å². The second-order valence-electron chi connectivity index (χ2n) is 4.03. The van der Waals surface area contributed by atoms with Crippen molar-refractivity contribution in [3.8, 4) is 5.75 Å². The third kappa shape index (κ3) is 5.47. The Hall–Kier alpha value is -1.39. The minimum absolute atomic E-state index is 0.0940. The van der Waals surface area contributed by atoms with Gasteiger partial charge in [0.1, 0.15) is 24.7 Å². The van der Waals surface area contributed by atoms with Gasteiger partial charge in [-0.3, -0.25) is 4.79 Å². The van der Waals surface area contributed by atoms with E-state index in [2.05, 4.69) is 0 Å². The molecule has 94 valence electrons. The van der Waals surface area contributed by atoms with E-state index in [4.69, 9.17) is 9.47 Å². The van der Waals surface area contributed by atoms with Crippen LogP contribution in [0.2, 0.25) is 0 Å². The number of hydrogen-bond donors (Lipinski definition) is 1. The zero-order valence-electron chi connectivity index (χ0n) is 10.1. The van der Waals surface area contributed by atoms with Crippen LogP contribution in [0.1, 0.15) is 24.2 Å². The monoisotopic (exact) mass is 238 g/mol. The number of aldehydes is 1. The molecule has 0 saturated heterocycles. The Morgan fingerprint density at radius 1 is 1.24 bits per heavy atom. The zero-order valence-corrected chi connectivity index (χ0v) is 10.1. The lowest BCUT2D eigenvalue weighted by atomic mass is 10.2. The Morgan fingerprint density at radius 2 is 1.88 bits per heavy atom. The molecule has 0 aliphatic rings. The molecule has 1 aromatic rings. The summed E-state index contributed by atoms with van der Waals surface area (Å²) < 4.78 is 10.6. The highest BCUT2D eigenvalue weighted by Gasteiger charge is 2.06. The van der Waals surface area contributed by atoms with Crippen molar-refractivity contribution in [1.29, 1.82) is 0 Å². The lowest BCUT2D eigenvalue weighted by Gasteiger charge is -2.14. The first kappa shape index (κ1) is 13.7. The number of carbonyl (C=O) groups is 1. The molecule has 0 fully saturated rings. The highest BCUT2D eigenvalue weighted by Crippen LogP contribution is 2.11. The van der Waals surface area contributed by atoms with Crippen LogP contribution < -0.4 is 4.74 Å². The van der Waals surface area contributed by atoms with Gasteiger partial charge in [-0.05, 0) is 38.1 Å². The second-order valence-corrected chi connectivity index (χ2v) is 4.03. The summed E-state index contributed by atoms with van der Waals surface area (Å²) in [5.41, 5.74) is 0.598. The molecule has 0 spiro atoms. The van der Waals surface area contributed by atoms with Crippen molar-refractivity contribution in [3.05, 3.63) is 29.8 Å². The molecule has 4 nitrogen and oxygen atoms in total. The van der Waals surface area contributed by atoms with Crippen LogP contribution in [0.25, 0.3) is 0 Å². The third-order valence-electron chi connectivity index (χ3n) is 2.08. The summed E-state index contributed by atoms with van der Waals surface area (Å²) >= 11 is 0. The summed E-state index contributed by atoms with van der Waals surface area (Å²) in [7, 11) is 0. The predicted octanol–water partition coefficient (Wildman–Crippen LogP) is 1.66. The van der Waals surface area contributed by atoms with Crippen LogP contribution in [0, 0.1) is 0 Å². The van der Waals surface area contributed by atoms with Crippen molar-refractivity contribution >= 4 is 6.29 Å². The Morgan fingerprint density at radius 3 is 2.41 bits per heavy atom. The van der Waals surface area contributed by atoms with E-state index in [0.717, 1.165) is 6.29 Å². The summed E-state index contributed by atoms with van der Waals surface area (Å²) in [6.45, 7) is 4.24. The number of carbonyl (C=O) groups excluding carboxylic acids is 1. The topological polar surface area (TPSA) is 55.8 Å². The quantitative estimate of drug-likeness (QED) is 0.734. The Kier molecular flexibility index (Phi) is 5.66. The van der Waals surface area contributed by atoms with Crippen molar-refractivity contribution < 1.29 is 19.4 Å². The normalized spacial score (nSPS) is 12.5. The lowest BCUT2D eigenvalue weighted by molar-refractivity contribution is -0.0122. The molecule has 0 aliphatic heterocycles. The molecule has 1 N–H and O–H groups in total. The molecule has 0 amide bonds. The molecular formula is C13H18O4. The number of ether oxygens (including phenoxy) is 2. The fourth-order valence-corrected chi connectivity index (χ4v) is 1.19. The van der Waals surface area contributed by atoms with Crippen molar-refractivity contribution in [2.24, 2.45) is 0 Å². The van der Waals surface area contributed by atoms with Gasteiger partial charge in [0.25, 0.3) is 0 Å². The first-order valence-corrected chi connectivity index (χ1v) is 5.59. The first-order valence-electron chi connectivity index (χ1n) is 5.59. The van der Waals surface area contributed by atoms with E-state index in [9.17, 15) is 9.90 Å². The van der Waals surface area contributed by atoms with Gasteiger partial charge in [0.05, 0.1) is 12.7 Å². The first-order chi connectivity index (χ1) is 8.11. The van der Waals surface area contributed by atoms with Crippen LogP contribution in [0.4, 0.5) is 0 Å². The summed E-state index contributed by atoms with van der Waals surface area (Å²) in [5.74, 6) is 0.624. The lowest BCUT2D eigenvalue weighted by Crippen LogP contribution is -2.25. The number of hydrogen-bond acceptors (Lipinski definition) is 4. The molecule has 1 atom stereocenters. The molecule has 0 bridgehead atoms. The van der Waals surface area contributed by atoms with E-state index < -0.39 is 6.10 Å². The van der Waals surface area contributed by atoms with Gasteiger partial charge in [-0.15, -0.1) is 0 Å². The van der Waals surface area contributed by atoms with Gasteiger partial charge in [0.2, 0.25) is 0 Å². The van der Waals surface area contributed by atoms with Crippen LogP contribution in [-0.2, 0) is 4.74 Å². The van der Waals surface area contributed by atoms with Gasteiger partial charge < -0.3 is 14.6 Å². The van der Waals surface area contributed by atoms with Crippen molar-refractivity contribution in [1.82, 2.24) is 0 Å². The minimum Gasteiger partial charge on any atom is -0.491 e. The summed E-state index contributed by atoms with van der Waals surface area (Å²) in [4.78, 5) is 10.4. The summed E-state index contributed by atoms with van der Waals surface area (Å²) in [5, 5.41) is 9.55. The van der Waals surface area contributed by atoms with Gasteiger partial charge >= 0.3 is 0 Å². The number of aliphatic hydroxyl groups excluding tert-OH is 1. The van der Waals surface area contributed by atoms with Gasteiger partial charge in [0, 0.05) is 5.56 Å². The Bertz CT molecular complexity index is 332. The fourth-order valence-electron chi connectivity index (χ4n) is 1.19. The van der Waals surface area contributed by atoms with Gasteiger partial charge in [-0.1, -0.05) is 0 Å². The van der Waals surface area contributed by atoms with Gasteiger partial charge in [0.15, 0.2) is 0 Å².